The lowest BCUT2D eigenvalue weighted by Gasteiger charge is -2.22. The van der Waals surface area contributed by atoms with Gasteiger partial charge in [-0.05, 0) is 30.5 Å². The number of likely N-dealkylation sites (tertiary alicyclic amines) is 1. The van der Waals surface area contributed by atoms with Gasteiger partial charge in [0.2, 0.25) is 5.91 Å². The van der Waals surface area contributed by atoms with Crippen molar-refractivity contribution in [3.63, 3.8) is 0 Å². The maximum atomic E-state index is 12.0. The molecular weight excluding hydrogens is 310 g/mol. The fraction of sp³-hybridized carbons (Fsp3) is 0.529. The summed E-state index contributed by atoms with van der Waals surface area (Å²) in [4.78, 5) is 27.2. The van der Waals surface area contributed by atoms with Crippen LogP contribution in [0.25, 0.3) is 0 Å². The van der Waals surface area contributed by atoms with Gasteiger partial charge in [0, 0.05) is 13.1 Å². The summed E-state index contributed by atoms with van der Waals surface area (Å²) in [5, 5.41) is 0. The summed E-state index contributed by atoms with van der Waals surface area (Å²) in [6, 6.07) is 7.87. The summed E-state index contributed by atoms with van der Waals surface area (Å²) in [5.74, 6) is 0.735. The number of carbonyl (C=O) groups is 2. The van der Waals surface area contributed by atoms with Gasteiger partial charge in [-0.25, -0.2) is 4.79 Å². The number of methoxy groups -OCH3 is 1. The molecule has 0 radical (unpaired) electrons. The van der Waals surface area contributed by atoms with Gasteiger partial charge in [0.05, 0.1) is 26.2 Å². The molecule has 0 aliphatic carbocycles. The Labute approximate surface area is 141 Å². The molecule has 2 N–H and O–H groups in total. The van der Waals surface area contributed by atoms with E-state index in [9.17, 15) is 9.59 Å². The van der Waals surface area contributed by atoms with Crippen LogP contribution in [0.3, 0.4) is 0 Å². The second kappa shape index (κ2) is 7.09. The number of hydrogen-bond acceptors (Lipinski definition) is 5. The summed E-state index contributed by atoms with van der Waals surface area (Å²) in [5.41, 5.74) is 6.61. The van der Waals surface area contributed by atoms with Crippen molar-refractivity contribution < 1.29 is 19.1 Å². The number of benzene rings is 1. The molecule has 2 saturated heterocycles. The first-order valence-electron chi connectivity index (χ1n) is 8.20. The van der Waals surface area contributed by atoms with Gasteiger partial charge in [0.1, 0.15) is 11.9 Å². The molecule has 2 aliphatic rings. The fourth-order valence-electron chi connectivity index (χ4n) is 3.34. The van der Waals surface area contributed by atoms with E-state index in [1.165, 1.54) is 5.56 Å². The molecule has 2 heterocycles. The van der Waals surface area contributed by atoms with Crippen LogP contribution in [0.5, 0.6) is 5.75 Å². The van der Waals surface area contributed by atoms with Crippen molar-refractivity contribution in [2.75, 3.05) is 33.3 Å². The smallest absolute Gasteiger partial charge is 0.410 e. The molecule has 3 rings (SSSR count). The second-order valence-corrected chi connectivity index (χ2v) is 6.14. The average Bonchev–Trinajstić information content (AvgIpc) is 3.13. The summed E-state index contributed by atoms with van der Waals surface area (Å²) in [7, 11) is 1.64. The van der Waals surface area contributed by atoms with Crippen molar-refractivity contribution in [1.29, 1.82) is 0 Å². The largest absolute Gasteiger partial charge is 0.497 e. The molecule has 130 valence electrons. The van der Waals surface area contributed by atoms with Crippen LogP contribution in [0.2, 0.25) is 0 Å². The van der Waals surface area contributed by atoms with Gasteiger partial charge in [-0.1, -0.05) is 12.1 Å². The number of amides is 2. The van der Waals surface area contributed by atoms with E-state index < -0.39 is 0 Å². The molecule has 2 amide bonds. The molecule has 2 atom stereocenters. The lowest BCUT2D eigenvalue weighted by Crippen LogP contribution is -2.41. The SMILES string of the molecule is COc1ccc(CCCN2C(=O)O[C@@H]3CN(C(=O)CN)C[C@@H]32)cc1. The molecule has 1 aromatic carbocycles. The van der Waals surface area contributed by atoms with E-state index in [-0.39, 0.29) is 30.7 Å². The third kappa shape index (κ3) is 3.31. The Bertz CT molecular complexity index is 604. The number of aryl methyl sites for hydroxylation is 1. The summed E-state index contributed by atoms with van der Waals surface area (Å²) in [6.45, 7) is 1.57. The van der Waals surface area contributed by atoms with Gasteiger partial charge >= 0.3 is 6.09 Å². The number of nitrogens with zero attached hydrogens (tertiary/aromatic N) is 2. The van der Waals surface area contributed by atoms with Gasteiger partial charge in [-0.3, -0.25) is 9.69 Å². The van der Waals surface area contributed by atoms with Gasteiger partial charge < -0.3 is 20.1 Å². The Hall–Kier alpha value is -2.28. The highest BCUT2D eigenvalue weighted by Crippen LogP contribution is 2.27. The number of fused-ring (bicyclic) bond motifs is 1. The average molecular weight is 333 g/mol. The number of ether oxygens (including phenoxy) is 2. The first-order valence-corrected chi connectivity index (χ1v) is 8.20. The third-order valence-electron chi connectivity index (χ3n) is 4.67. The standard InChI is InChI=1S/C17H23N3O4/c1-23-13-6-4-12(5-7-13)3-2-8-20-14-10-19(16(21)9-18)11-15(14)24-17(20)22/h4-7,14-15H,2-3,8-11,18H2,1H3/t14-,15+/m0/s1. The summed E-state index contributed by atoms with van der Waals surface area (Å²) >= 11 is 0. The minimum atomic E-state index is -0.278. The van der Waals surface area contributed by atoms with Crippen LogP contribution in [0.1, 0.15) is 12.0 Å². The van der Waals surface area contributed by atoms with Crippen molar-refractivity contribution in [3.8, 4) is 5.75 Å². The molecule has 2 fully saturated rings. The zero-order valence-corrected chi connectivity index (χ0v) is 13.8. The third-order valence-corrected chi connectivity index (χ3v) is 4.67. The van der Waals surface area contributed by atoms with Crippen LogP contribution in [0.15, 0.2) is 24.3 Å². The van der Waals surface area contributed by atoms with E-state index in [1.54, 1.807) is 16.9 Å². The van der Waals surface area contributed by atoms with E-state index in [0.29, 0.717) is 19.6 Å². The minimum absolute atomic E-state index is 0.00907. The van der Waals surface area contributed by atoms with E-state index >= 15 is 0 Å². The predicted octanol–water partition coefficient (Wildman–Crippen LogP) is 0.618. The highest BCUT2D eigenvalue weighted by Gasteiger charge is 2.48. The molecule has 2 aliphatic heterocycles. The Kier molecular flexibility index (Phi) is 4.89. The van der Waals surface area contributed by atoms with Gasteiger partial charge in [-0.15, -0.1) is 0 Å². The minimum Gasteiger partial charge on any atom is -0.497 e. The molecular formula is C17H23N3O4. The summed E-state index contributed by atoms with van der Waals surface area (Å²) < 4.78 is 10.5. The van der Waals surface area contributed by atoms with Crippen LogP contribution in [0, 0.1) is 0 Å². The van der Waals surface area contributed by atoms with E-state index in [1.807, 2.05) is 24.3 Å². The fourth-order valence-corrected chi connectivity index (χ4v) is 3.34. The maximum Gasteiger partial charge on any atom is 0.410 e. The van der Waals surface area contributed by atoms with Gasteiger partial charge in [0.15, 0.2) is 0 Å². The van der Waals surface area contributed by atoms with Crippen LogP contribution < -0.4 is 10.5 Å². The van der Waals surface area contributed by atoms with Crippen LogP contribution in [-0.2, 0) is 16.0 Å². The molecule has 0 unspecified atom stereocenters. The zero-order valence-electron chi connectivity index (χ0n) is 13.8. The predicted molar refractivity (Wildman–Crippen MR) is 87.7 cm³/mol. The Morgan fingerprint density at radius 2 is 2.08 bits per heavy atom. The first-order chi connectivity index (χ1) is 11.6. The normalized spacial score (nSPS) is 22.5. The van der Waals surface area contributed by atoms with Crippen molar-refractivity contribution in [2.45, 2.75) is 25.0 Å². The molecule has 0 aromatic heterocycles. The molecule has 1 aromatic rings. The van der Waals surface area contributed by atoms with Gasteiger partial charge in [0.25, 0.3) is 0 Å². The molecule has 7 nitrogen and oxygen atoms in total. The van der Waals surface area contributed by atoms with E-state index in [0.717, 1.165) is 18.6 Å². The number of carbonyl (C=O) groups excluding carboxylic acids is 2. The number of nitrogens with two attached hydrogens (primary N) is 1. The van der Waals surface area contributed by atoms with Crippen molar-refractivity contribution in [3.05, 3.63) is 29.8 Å². The first kappa shape index (κ1) is 16.6. The van der Waals surface area contributed by atoms with E-state index in [2.05, 4.69) is 0 Å². The lowest BCUT2D eigenvalue weighted by atomic mass is 10.1. The van der Waals surface area contributed by atoms with Gasteiger partial charge in [-0.2, -0.15) is 0 Å². The van der Waals surface area contributed by atoms with Crippen LogP contribution in [0.4, 0.5) is 4.79 Å². The van der Waals surface area contributed by atoms with Crippen molar-refractivity contribution in [2.24, 2.45) is 5.73 Å². The summed E-state index contributed by atoms with van der Waals surface area (Å²) in [6.07, 6.45) is 1.21. The van der Waals surface area contributed by atoms with Crippen LogP contribution in [-0.4, -0.2) is 67.2 Å². The monoisotopic (exact) mass is 333 g/mol. The highest BCUT2D eigenvalue weighted by atomic mass is 16.6. The Morgan fingerprint density at radius 3 is 2.75 bits per heavy atom. The topological polar surface area (TPSA) is 85.1 Å². The highest BCUT2D eigenvalue weighted by molar-refractivity contribution is 5.79. The Morgan fingerprint density at radius 1 is 1.33 bits per heavy atom. The Balaban J connectivity index is 1.52. The van der Waals surface area contributed by atoms with Crippen LogP contribution >= 0.6 is 0 Å². The van der Waals surface area contributed by atoms with Crippen molar-refractivity contribution in [1.82, 2.24) is 9.80 Å². The van der Waals surface area contributed by atoms with E-state index in [4.69, 9.17) is 15.2 Å². The molecule has 0 spiro atoms. The van der Waals surface area contributed by atoms with Crippen molar-refractivity contribution >= 4 is 12.0 Å². The number of rotatable bonds is 6. The zero-order chi connectivity index (χ0) is 17.1. The lowest BCUT2D eigenvalue weighted by molar-refractivity contribution is -0.129. The second-order valence-electron chi connectivity index (χ2n) is 6.14. The molecule has 24 heavy (non-hydrogen) atoms. The molecule has 7 heteroatoms. The maximum absolute atomic E-state index is 12.0. The quantitative estimate of drug-likeness (QED) is 0.825. The molecule has 0 saturated carbocycles. The molecule has 0 bridgehead atoms. The number of hydrogen-bond donors (Lipinski definition) is 1.